The molecule has 0 amide bonds. The highest BCUT2D eigenvalue weighted by Gasteiger charge is 2.31. The number of hydrogen-bond acceptors (Lipinski definition) is 2. The van der Waals surface area contributed by atoms with Crippen LogP contribution in [-0.4, -0.2) is 17.2 Å². The fourth-order valence-electron chi connectivity index (χ4n) is 1.99. The molecule has 16 heavy (non-hydrogen) atoms. The van der Waals surface area contributed by atoms with E-state index in [2.05, 4.69) is 15.9 Å². The lowest BCUT2D eigenvalue weighted by atomic mass is 10.1. The number of carbonyl (C=O) groups is 1. The van der Waals surface area contributed by atoms with Crippen molar-refractivity contribution in [1.82, 2.24) is 0 Å². The van der Waals surface area contributed by atoms with Gasteiger partial charge in [0.2, 0.25) is 0 Å². The van der Waals surface area contributed by atoms with E-state index in [4.69, 9.17) is 9.84 Å². The molecular weight excluding hydrogens is 272 g/mol. The summed E-state index contributed by atoms with van der Waals surface area (Å²) in [6.07, 6.45) is 2.17. The molecule has 1 aromatic rings. The smallest absolute Gasteiger partial charge is 0.306 e. The normalized spacial score (nSPS) is 24.3. The van der Waals surface area contributed by atoms with Crippen LogP contribution in [0.3, 0.4) is 0 Å². The summed E-state index contributed by atoms with van der Waals surface area (Å²) in [5, 5.41) is 8.89. The number of para-hydroxylation sites is 1. The highest BCUT2D eigenvalue weighted by atomic mass is 79.9. The van der Waals surface area contributed by atoms with Crippen molar-refractivity contribution in [2.24, 2.45) is 5.92 Å². The molecule has 0 aliphatic heterocycles. The molecule has 0 heterocycles. The summed E-state index contributed by atoms with van der Waals surface area (Å²) in [5.41, 5.74) is 0. The number of halogens is 1. The highest BCUT2D eigenvalue weighted by Crippen LogP contribution is 2.32. The minimum atomic E-state index is -0.710. The molecule has 86 valence electrons. The first-order valence-corrected chi connectivity index (χ1v) is 6.10. The Morgan fingerprint density at radius 3 is 2.75 bits per heavy atom. The second-order valence-electron chi connectivity index (χ2n) is 4.02. The van der Waals surface area contributed by atoms with Crippen molar-refractivity contribution < 1.29 is 14.6 Å². The molecule has 0 spiro atoms. The largest absolute Gasteiger partial charge is 0.489 e. The molecule has 1 fully saturated rings. The number of carboxylic acid groups (broad SMARTS) is 1. The van der Waals surface area contributed by atoms with Crippen molar-refractivity contribution in [3.05, 3.63) is 28.7 Å². The molecule has 2 unspecified atom stereocenters. The summed E-state index contributed by atoms with van der Waals surface area (Å²) in [7, 11) is 0. The highest BCUT2D eigenvalue weighted by molar-refractivity contribution is 9.10. The first kappa shape index (κ1) is 11.5. The van der Waals surface area contributed by atoms with Gasteiger partial charge in [0.1, 0.15) is 5.75 Å². The van der Waals surface area contributed by atoms with Gasteiger partial charge in [0.05, 0.1) is 16.5 Å². The summed E-state index contributed by atoms with van der Waals surface area (Å²) in [5.74, 6) is -0.163. The lowest BCUT2D eigenvalue weighted by molar-refractivity contribution is -0.141. The number of aliphatic carboxylic acids is 1. The van der Waals surface area contributed by atoms with Gasteiger partial charge in [0.15, 0.2) is 0 Å². The second-order valence-corrected chi connectivity index (χ2v) is 4.87. The van der Waals surface area contributed by atoms with Crippen LogP contribution in [0.15, 0.2) is 28.7 Å². The standard InChI is InChI=1S/C12H13BrO3/c13-10-3-1-2-4-11(10)16-9-6-5-8(7-9)12(14)15/h1-4,8-9H,5-7H2,(H,14,15). The van der Waals surface area contributed by atoms with Crippen molar-refractivity contribution in [3.63, 3.8) is 0 Å². The van der Waals surface area contributed by atoms with Crippen LogP contribution in [0.25, 0.3) is 0 Å². The average molecular weight is 285 g/mol. The van der Waals surface area contributed by atoms with Gasteiger partial charge in [-0.2, -0.15) is 0 Å². The molecule has 3 nitrogen and oxygen atoms in total. The minimum absolute atomic E-state index is 0.0276. The van der Waals surface area contributed by atoms with Gasteiger partial charge in [-0.3, -0.25) is 4.79 Å². The lowest BCUT2D eigenvalue weighted by Gasteiger charge is -2.14. The quantitative estimate of drug-likeness (QED) is 0.928. The third-order valence-electron chi connectivity index (χ3n) is 2.86. The molecular formula is C12H13BrO3. The summed E-state index contributed by atoms with van der Waals surface area (Å²) in [6.45, 7) is 0. The summed E-state index contributed by atoms with van der Waals surface area (Å²) in [4.78, 5) is 10.8. The van der Waals surface area contributed by atoms with E-state index in [9.17, 15) is 4.79 Å². The fourth-order valence-corrected chi connectivity index (χ4v) is 2.37. The lowest BCUT2D eigenvalue weighted by Crippen LogP contribution is -2.15. The van der Waals surface area contributed by atoms with E-state index in [0.717, 1.165) is 16.6 Å². The zero-order valence-electron chi connectivity index (χ0n) is 8.73. The van der Waals surface area contributed by atoms with E-state index < -0.39 is 5.97 Å². The molecule has 2 atom stereocenters. The Morgan fingerprint density at radius 2 is 2.12 bits per heavy atom. The van der Waals surface area contributed by atoms with Gasteiger partial charge in [-0.25, -0.2) is 0 Å². The second kappa shape index (κ2) is 4.87. The minimum Gasteiger partial charge on any atom is -0.489 e. The number of benzene rings is 1. The third-order valence-corrected chi connectivity index (χ3v) is 3.52. The molecule has 1 N–H and O–H groups in total. The Kier molecular flexibility index (Phi) is 3.49. The Hall–Kier alpha value is -1.03. The zero-order chi connectivity index (χ0) is 11.5. The van der Waals surface area contributed by atoms with Gasteiger partial charge in [0, 0.05) is 0 Å². The third kappa shape index (κ3) is 2.55. The van der Waals surface area contributed by atoms with Crippen LogP contribution < -0.4 is 4.74 Å². The maximum Gasteiger partial charge on any atom is 0.306 e. The number of carboxylic acids is 1. The average Bonchev–Trinajstić information content (AvgIpc) is 2.70. The molecule has 1 aromatic carbocycles. The van der Waals surface area contributed by atoms with Crippen molar-refractivity contribution in [2.75, 3.05) is 0 Å². The topological polar surface area (TPSA) is 46.5 Å². The maximum atomic E-state index is 10.8. The molecule has 0 aromatic heterocycles. The van der Waals surface area contributed by atoms with E-state index in [0.29, 0.717) is 12.8 Å². The van der Waals surface area contributed by atoms with Crippen LogP contribution in [0, 0.1) is 5.92 Å². The van der Waals surface area contributed by atoms with Gasteiger partial charge in [-0.05, 0) is 47.3 Å². The monoisotopic (exact) mass is 284 g/mol. The van der Waals surface area contributed by atoms with Gasteiger partial charge in [-0.15, -0.1) is 0 Å². The Morgan fingerprint density at radius 1 is 1.38 bits per heavy atom. The molecule has 0 saturated heterocycles. The number of hydrogen-bond donors (Lipinski definition) is 1. The van der Waals surface area contributed by atoms with E-state index in [-0.39, 0.29) is 12.0 Å². The summed E-state index contributed by atoms with van der Waals surface area (Å²) < 4.78 is 6.69. The van der Waals surface area contributed by atoms with E-state index in [1.54, 1.807) is 0 Å². The predicted molar refractivity (Wildman–Crippen MR) is 63.5 cm³/mol. The Bertz CT molecular complexity index is 392. The van der Waals surface area contributed by atoms with Crippen LogP contribution in [0.1, 0.15) is 19.3 Å². The van der Waals surface area contributed by atoms with E-state index in [1.807, 2.05) is 24.3 Å². The molecule has 1 aliphatic carbocycles. The first-order chi connectivity index (χ1) is 7.66. The predicted octanol–water partition coefficient (Wildman–Crippen LogP) is 3.08. The summed E-state index contributed by atoms with van der Waals surface area (Å²) >= 11 is 3.41. The Labute approximate surface area is 103 Å². The van der Waals surface area contributed by atoms with Gasteiger partial charge in [0.25, 0.3) is 0 Å². The van der Waals surface area contributed by atoms with E-state index >= 15 is 0 Å². The molecule has 0 bridgehead atoms. The van der Waals surface area contributed by atoms with Crippen LogP contribution in [-0.2, 0) is 4.79 Å². The zero-order valence-corrected chi connectivity index (χ0v) is 10.3. The van der Waals surface area contributed by atoms with Crippen molar-refractivity contribution in [3.8, 4) is 5.75 Å². The molecule has 1 saturated carbocycles. The molecule has 0 radical (unpaired) electrons. The van der Waals surface area contributed by atoms with Crippen LogP contribution in [0.2, 0.25) is 0 Å². The van der Waals surface area contributed by atoms with Crippen LogP contribution >= 0.6 is 15.9 Å². The van der Waals surface area contributed by atoms with Crippen LogP contribution in [0.5, 0.6) is 5.75 Å². The summed E-state index contributed by atoms with van der Waals surface area (Å²) in [6, 6.07) is 7.63. The number of ether oxygens (including phenoxy) is 1. The first-order valence-electron chi connectivity index (χ1n) is 5.31. The molecule has 1 aliphatic rings. The number of rotatable bonds is 3. The fraction of sp³-hybridized carbons (Fsp3) is 0.417. The van der Waals surface area contributed by atoms with Crippen LogP contribution in [0.4, 0.5) is 0 Å². The van der Waals surface area contributed by atoms with Crippen molar-refractivity contribution in [2.45, 2.75) is 25.4 Å². The molecule has 4 heteroatoms. The SMILES string of the molecule is O=C(O)C1CCC(Oc2ccccc2Br)C1. The van der Waals surface area contributed by atoms with Gasteiger partial charge in [-0.1, -0.05) is 12.1 Å². The Balaban J connectivity index is 1.97. The van der Waals surface area contributed by atoms with E-state index in [1.165, 1.54) is 0 Å². The van der Waals surface area contributed by atoms with Gasteiger partial charge < -0.3 is 9.84 Å². The van der Waals surface area contributed by atoms with Crippen molar-refractivity contribution >= 4 is 21.9 Å². The maximum absolute atomic E-state index is 10.8. The van der Waals surface area contributed by atoms with Crippen molar-refractivity contribution in [1.29, 1.82) is 0 Å². The van der Waals surface area contributed by atoms with Gasteiger partial charge >= 0.3 is 5.97 Å². The molecule has 2 rings (SSSR count).